The fourth-order valence-corrected chi connectivity index (χ4v) is 2.99. The molecule has 2 rings (SSSR count). The van der Waals surface area contributed by atoms with Gasteiger partial charge in [-0.25, -0.2) is 0 Å². The monoisotopic (exact) mass is 385 g/mol. The average molecular weight is 386 g/mol. The molecular formula is C21H35N7. The summed E-state index contributed by atoms with van der Waals surface area (Å²) in [5.74, 6) is 1.88. The minimum Gasteiger partial charge on any atom is -0.357 e. The molecule has 1 unspecified atom stereocenters. The number of aliphatic imine (C=N–C) groups is 1. The Labute approximate surface area is 169 Å². The Morgan fingerprint density at radius 2 is 2.00 bits per heavy atom. The SMILES string of the molecule is CCNC(=NCCC(C)N(C)Cc1ccccc1)NCCn1cnnc1CC. The lowest BCUT2D eigenvalue weighted by molar-refractivity contribution is 0.240. The van der Waals surface area contributed by atoms with Crippen molar-refractivity contribution in [2.75, 3.05) is 26.7 Å². The van der Waals surface area contributed by atoms with Crippen molar-refractivity contribution >= 4 is 5.96 Å². The topological polar surface area (TPSA) is 70.4 Å². The highest BCUT2D eigenvalue weighted by Crippen LogP contribution is 2.08. The molecule has 0 aliphatic heterocycles. The summed E-state index contributed by atoms with van der Waals surface area (Å²) < 4.78 is 2.08. The molecule has 0 saturated carbocycles. The molecule has 0 bridgehead atoms. The third-order valence-corrected chi connectivity index (χ3v) is 4.85. The molecule has 0 spiro atoms. The van der Waals surface area contributed by atoms with E-state index in [9.17, 15) is 0 Å². The number of hydrogen-bond acceptors (Lipinski definition) is 4. The molecule has 7 heteroatoms. The highest BCUT2D eigenvalue weighted by Gasteiger charge is 2.09. The Hall–Kier alpha value is -2.41. The van der Waals surface area contributed by atoms with Gasteiger partial charge in [-0.15, -0.1) is 10.2 Å². The highest BCUT2D eigenvalue weighted by atomic mass is 15.3. The van der Waals surface area contributed by atoms with Gasteiger partial charge < -0.3 is 15.2 Å². The van der Waals surface area contributed by atoms with Crippen LogP contribution in [0.25, 0.3) is 0 Å². The quantitative estimate of drug-likeness (QED) is 0.459. The van der Waals surface area contributed by atoms with Crippen LogP contribution in [0.15, 0.2) is 41.7 Å². The first-order chi connectivity index (χ1) is 13.6. The van der Waals surface area contributed by atoms with Crippen molar-refractivity contribution in [3.8, 4) is 0 Å². The lowest BCUT2D eigenvalue weighted by atomic mass is 10.1. The molecule has 28 heavy (non-hydrogen) atoms. The van der Waals surface area contributed by atoms with E-state index in [4.69, 9.17) is 4.99 Å². The lowest BCUT2D eigenvalue weighted by Crippen LogP contribution is -2.39. The van der Waals surface area contributed by atoms with Crippen LogP contribution in [-0.4, -0.2) is 58.3 Å². The Morgan fingerprint density at radius 3 is 2.71 bits per heavy atom. The van der Waals surface area contributed by atoms with Gasteiger partial charge in [0.05, 0.1) is 0 Å². The van der Waals surface area contributed by atoms with Crippen molar-refractivity contribution < 1.29 is 0 Å². The summed E-state index contributed by atoms with van der Waals surface area (Å²) in [5, 5.41) is 14.8. The van der Waals surface area contributed by atoms with Crippen molar-refractivity contribution in [2.45, 2.75) is 52.7 Å². The molecule has 1 heterocycles. The van der Waals surface area contributed by atoms with Gasteiger partial charge in [0.2, 0.25) is 0 Å². The van der Waals surface area contributed by atoms with Gasteiger partial charge in [0.1, 0.15) is 12.2 Å². The van der Waals surface area contributed by atoms with Gasteiger partial charge in [0, 0.05) is 45.2 Å². The second-order valence-corrected chi connectivity index (χ2v) is 7.02. The van der Waals surface area contributed by atoms with Crippen molar-refractivity contribution in [1.82, 2.24) is 30.3 Å². The first-order valence-corrected chi connectivity index (χ1v) is 10.3. The van der Waals surface area contributed by atoms with Crippen molar-refractivity contribution in [3.63, 3.8) is 0 Å². The molecule has 0 aliphatic rings. The zero-order chi connectivity index (χ0) is 20.2. The maximum atomic E-state index is 4.73. The van der Waals surface area contributed by atoms with Gasteiger partial charge in [0.15, 0.2) is 5.96 Å². The first kappa shape index (κ1) is 21.9. The van der Waals surface area contributed by atoms with E-state index in [2.05, 4.69) is 88.4 Å². The number of aromatic nitrogens is 3. The second kappa shape index (κ2) is 12.1. The Bertz CT molecular complexity index is 696. The number of nitrogens with one attached hydrogen (secondary N) is 2. The zero-order valence-corrected chi connectivity index (χ0v) is 17.7. The Morgan fingerprint density at radius 1 is 1.21 bits per heavy atom. The fraction of sp³-hybridized carbons (Fsp3) is 0.571. The molecule has 0 saturated heterocycles. The predicted octanol–water partition coefficient (Wildman–Crippen LogP) is 2.31. The largest absolute Gasteiger partial charge is 0.357 e. The van der Waals surface area contributed by atoms with Crippen LogP contribution in [0.3, 0.4) is 0 Å². The highest BCUT2D eigenvalue weighted by molar-refractivity contribution is 5.79. The number of rotatable bonds is 11. The van der Waals surface area contributed by atoms with E-state index in [0.717, 1.165) is 57.3 Å². The summed E-state index contributed by atoms with van der Waals surface area (Å²) >= 11 is 0. The average Bonchev–Trinajstić information content (AvgIpc) is 3.16. The molecule has 154 valence electrons. The van der Waals surface area contributed by atoms with E-state index in [1.165, 1.54) is 5.56 Å². The predicted molar refractivity (Wildman–Crippen MR) is 115 cm³/mol. The summed E-state index contributed by atoms with van der Waals surface area (Å²) in [4.78, 5) is 7.11. The Balaban J connectivity index is 1.76. The van der Waals surface area contributed by atoms with Gasteiger partial charge in [-0.2, -0.15) is 0 Å². The molecule has 1 aromatic carbocycles. The first-order valence-electron chi connectivity index (χ1n) is 10.3. The molecule has 0 amide bonds. The maximum Gasteiger partial charge on any atom is 0.191 e. The third-order valence-electron chi connectivity index (χ3n) is 4.85. The van der Waals surface area contributed by atoms with Crippen LogP contribution in [0.1, 0.15) is 38.6 Å². The molecule has 7 nitrogen and oxygen atoms in total. The van der Waals surface area contributed by atoms with Gasteiger partial charge in [0.25, 0.3) is 0 Å². The second-order valence-electron chi connectivity index (χ2n) is 7.02. The normalized spacial score (nSPS) is 13.0. The number of benzene rings is 1. The van der Waals surface area contributed by atoms with E-state index in [1.54, 1.807) is 6.33 Å². The summed E-state index contributed by atoms with van der Waals surface area (Å²) in [5.41, 5.74) is 1.34. The molecule has 0 fully saturated rings. The molecule has 0 radical (unpaired) electrons. The van der Waals surface area contributed by atoms with Crippen molar-refractivity contribution in [2.24, 2.45) is 4.99 Å². The summed E-state index contributed by atoms with van der Waals surface area (Å²) in [7, 11) is 2.18. The number of hydrogen-bond donors (Lipinski definition) is 2. The molecule has 1 aromatic heterocycles. The molecule has 2 N–H and O–H groups in total. The number of nitrogens with zero attached hydrogens (tertiary/aromatic N) is 5. The van der Waals surface area contributed by atoms with Gasteiger partial charge >= 0.3 is 0 Å². The number of aryl methyl sites for hydroxylation is 1. The van der Waals surface area contributed by atoms with Gasteiger partial charge in [-0.3, -0.25) is 9.89 Å². The van der Waals surface area contributed by atoms with Crippen LogP contribution in [-0.2, 0) is 19.5 Å². The fourth-order valence-electron chi connectivity index (χ4n) is 2.99. The molecule has 0 aliphatic carbocycles. The van der Waals surface area contributed by atoms with Crippen LogP contribution in [0.2, 0.25) is 0 Å². The lowest BCUT2D eigenvalue weighted by Gasteiger charge is -2.24. The molecule has 1 atom stereocenters. The summed E-state index contributed by atoms with van der Waals surface area (Å²) in [6, 6.07) is 11.1. The van der Waals surface area contributed by atoms with E-state index >= 15 is 0 Å². The van der Waals surface area contributed by atoms with E-state index < -0.39 is 0 Å². The zero-order valence-electron chi connectivity index (χ0n) is 17.7. The summed E-state index contributed by atoms with van der Waals surface area (Å²) in [6.45, 7) is 10.7. The molecule has 2 aromatic rings. The van der Waals surface area contributed by atoms with Gasteiger partial charge in [-0.05, 0) is 32.9 Å². The van der Waals surface area contributed by atoms with E-state index in [0.29, 0.717) is 6.04 Å². The summed E-state index contributed by atoms with van der Waals surface area (Å²) in [6.07, 6.45) is 3.70. The minimum absolute atomic E-state index is 0.468. The van der Waals surface area contributed by atoms with Gasteiger partial charge in [-0.1, -0.05) is 37.3 Å². The Kier molecular flexibility index (Phi) is 9.48. The van der Waals surface area contributed by atoms with Crippen molar-refractivity contribution in [1.29, 1.82) is 0 Å². The third kappa shape index (κ3) is 7.31. The van der Waals surface area contributed by atoms with Crippen LogP contribution in [0, 0.1) is 0 Å². The van der Waals surface area contributed by atoms with Crippen molar-refractivity contribution in [3.05, 3.63) is 48.0 Å². The molecular weight excluding hydrogens is 350 g/mol. The standard InChI is InChI=1S/C21H35N7/c1-5-20-26-25-17-28(20)15-14-24-21(22-6-2)23-13-12-18(3)27(4)16-19-10-8-7-9-11-19/h7-11,17-18H,5-6,12-16H2,1-4H3,(H2,22,23,24). The van der Waals surface area contributed by atoms with Crippen LogP contribution < -0.4 is 10.6 Å². The van der Waals surface area contributed by atoms with Crippen LogP contribution in [0.4, 0.5) is 0 Å². The number of guanidine groups is 1. The smallest absolute Gasteiger partial charge is 0.191 e. The van der Waals surface area contributed by atoms with E-state index in [-0.39, 0.29) is 0 Å². The minimum atomic E-state index is 0.468. The van der Waals surface area contributed by atoms with E-state index in [1.807, 2.05) is 0 Å². The van der Waals surface area contributed by atoms with Crippen LogP contribution >= 0.6 is 0 Å². The maximum absolute atomic E-state index is 4.73. The van der Waals surface area contributed by atoms with Crippen LogP contribution in [0.5, 0.6) is 0 Å².